The number of rotatable bonds is 8. The Bertz CT molecular complexity index is 952. The van der Waals surface area contributed by atoms with Crippen molar-refractivity contribution in [3.05, 3.63) is 53.9 Å². The van der Waals surface area contributed by atoms with Gasteiger partial charge in [-0.05, 0) is 43.7 Å². The van der Waals surface area contributed by atoms with E-state index in [1.54, 1.807) is 6.92 Å². The largest absolute Gasteiger partial charge is 0.490 e. The maximum absolute atomic E-state index is 12.5. The number of amides is 1. The first-order valence-corrected chi connectivity index (χ1v) is 9.18. The van der Waals surface area contributed by atoms with Crippen LogP contribution in [0.1, 0.15) is 25.3 Å². The summed E-state index contributed by atoms with van der Waals surface area (Å²) in [5, 5.41) is 6.80. The molecule has 7 nitrogen and oxygen atoms in total. The third-order valence-corrected chi connectivity index (χ3v) is 3.90. The number of carbonyl (C=O) groups is 1. The first-order valence-electron chi connectivity index (χ1n) is 9.18. The second kappa shape index (κ2) is 9.03. The number of hydrogen-bond donors (Lipinski definition) is 1. The SMILES string of the molecule is CCOc1ccc(CC(=O)Nc2cccc(-c3noc(C)n3)c2)cc1OCC. The summed E-state index contributed by atoms with van der Waals surface area (Å²) in [6.45, 7) is 6.64. The Balaban J connectivity index is 1.69. The molecular weight excluding hydrogens is 358 g/mol. The Hall–Kier alpha value is -3.35. The van der Waals surface area contributed by atoms with Gasteiger partial charge in [0, 0.05) is 18.2 Å². The van der Waals surface area contributed by atoms with Crippen molar-refractivity contribution in [2.45, 2.75) is 27.2 Å². The molecule has 0 atom stereocenters. The number of aromatic nitrogens is 2. The fraction of sp³-hybridized carbons (Fsp3) is 0.286. The van der Waals surface area contributed by atoms with Crippen LogP contribution in [0.15, 0.2) is 47.0 Å². The van der Waals surface area contributed by atoms with Crippen LogP contribution in [0, 0.1) is 6.92 Å². The van der Waals surface area contributed by atoms with Crippen LogP contribution in [-0.2, 0) is 11.2 Å². The lowest BCUT2D eigenvalue weighted by atomic mass is 10.1. The van der Waals surface area contributed by atoms with Crippen LogP contribution in [0.2, 0.25) is 0 Å². The van der Waals surface area contributed by atoms with E-state index in [1.165, 1.54) is 0 Å². The summed E-state index contributed by atoms with van der Waals surface area (Å²) >= 11 is 0. The van der Waals surface area contributed by atoms with Crippen LogP contribution in [-0.4, -0.2) is 29.3 Å². The van der Waals surface area contributed by atoms with Gasteiger partial charge in [-0.1, -0.05) is 23.4 Å². The van der Waals surface area contributed by atoms with E-state index in [-0.39, 0.29) is 12.3 Å². The summed E-state index contributed by atoms with van der Waals surface area (Å²) in [7, 11) is 0. The van der Waals surface area contributed by atoms with Crippen molar-refractivity contribution in [3.8, 4) is 22.9 Å². The fourth-order valence-electron chi connectivity index (χ4n) is 2.75. The number of carbonyl (C=O) groups excluding carboxylic acids is 1. The molecule has 0 unspecified atom stereocenters. The van der Waals surface area contributed by atoms with Crippen LogP contribution in [0.4, 0.5) is 5.69 Å². The monoisotopic (exact) mass is 381 g/mol. The smallest absolute Gasteiger partial charge is 0.228 e. The highest BCUT2D eigenvalue weighted by molar-refractivity contribution is 5.92. The topological polar surface area (TPSA) is 86.5 Å². The minimum atomic E-state index is -0.131. The molecule has 3 aromatic rings. The molecule has 0 radical (unpaired) electrons. The highest BCUT2D eigenvalue weighted by Gasteiger charge is 2.11. The third-order valence-electron chi connectivity index (χ3n) is 3.90. The second-order valence-electron chi connectivity index (χ2n) is 6.09. The number of ether oxygens (including phenoxy) is 2. The molecule has 3 rings (SSSR count). The molecule has 0 aliphatic carbocycles. The van der Waals surface area contributed by atoms with E-state index in [9.17, 15) is 4.79 Å². The lowest BCUT2D eigenvalue weighted by Crippen LogP contribution is -2.14. The molecule has 0 bridgehead atoms. The molecule has 1 amide bonds. The van der Waals surface area contributed by atoms with E-state index < -0.39 is 0 Å². The maximum atomic E-state index is 12.5. The predicted octanol–water partition coefficient (Wildman–Crippen LogP) is 4.02. The van der Waals surface area contributed by atoms with E-state index in [1.807, 2.05) is 56.3 Å². The van der Waals surface area contributed by atoms with Gasteiger partial charge in [-0.15, -0.1) is 0 Å². The van der Waals surface area contributed by atoms with Crippen LogP contribution in [0.3, 0.4) is 0 Å². The van der Waals surface area contributed by atoms with E-state index in [2.05, 4.69) is 15.5 Å². The average Bonchev–Trinajstić information content (AvgIpc) is 3.11. The molecule has 0 spiro atoms. The van der Waals surface area contributed by atoms with Crippen molar-refractivity contribution in [1.82, 2.24) is 10.1 Å². The maximum Gasteiger partial charge on any atom is 0.228 e. The molecule has 28 heavy (non-hydrogen) atoms. The Morgan fingerprint density at radius 2 is 1.86 bits per heavy atom. The Labute approximate surface area is 163 Å². The van der Waals surface area contributed by atoms with Gasteiger partial charge in [0.2, 0.25) is 17.6 Å². The molecule has 0 fully saturated rings. The number of benzene rings is 2. The van der Waals surface area contributed by atoms with Crippen molar-refractivity contribution in [3.63, 3.8) is 0 Å². The summed E-state index contributed by atoms with van der Waals surface area (Å²) in [6.07, 6.45) is 0.220. The normalized spacial score (nSPS) is 10.5. The van der Waals surface area contributed by atoms with Crippen molar-refractivity contribution >= 4 is 11.6 Å². The summed E-state index contributed by atoms with van der Waals surface area (Å²) in [5.74, 6) is 2.17. The predicted molar refractivity (Wildman–Crippen MR) is 106 cm³/mol. The van der Waals surface area contributed by atoms with Crippen molar-refractivity contribution in [2.75, 3.05) is 18.5 Å². The summed E-state index contributed by atoms with van der Waals surface area (Å²) in [6, 6.07) is 12.9. The Morgan fingerprint density at radius 1 is 1.07 bits per heavy atom. The number of nitrogens with zero attached hydrogens (tertiary/aromatic N) is 2. The first kappa shape index (κ1) is 19.4. The molecule has 1 aromatic heterocycles. The van der Waals surface area contributed by atoms with Crippen LogP contribution >= 0.6 is 0 Å². The molecule has 1 N–H and O–H groups in total. The van der Waals surface area contributed by atoms with Gasteiger partial charge in [0.25, 0.3) is 0 Å². The van der Waals surface area contributed by atoms with Gasteiger partial charge in [-0.2, -0.15) is 4.98 Å². The molecule has 7 heteroatoms. The molecule has 0 saturated heterocycles. The summed E-state index contributed by atoms with van der Waals surface area (Å²) in [5.41, 5.74) is 2.28. The molecule has 1 heterocycles. The summed E-state index contributed by atoms with van der Waals surface area (Å²) < 4.78 is 16.2. The zero-order valence-electron chi connectivity index (χ0n) is 16.2. The van der Waals surface area contributed by atoms with Crippen LogP contribution in [0.5, 0.6) is 11.5 Å². The van der Waals surface area contributed by atoms with Crippen molar-refractivity contribution in [1.29, 1.82) is 0 Å². The highest BCUT2D eigenvalue weighted by atomic mass is 16.5. The molecule has 0 aliphatic rings. The molecule has 0 aliphatic heterocycles. The second-order valence-corrected chi connectivity index (χ2v) is 6.09. The molecular formula is C21H23N3O4. The number of anilines is 1. The fourth-order valence-corrected chi connectivity index (χ4v) is 2.75. The average molecular weight is 381 g/mol. The zero-order valence-corrected chi connectivity index (χ0v) is 16.2. The van der Waals surface area contributed by atoms with Crippen LogP contribution in [0.25, 0.3) is 11.4 Å². The number of aryl methyl sites for hydroxylation is 1. The zero-order chi connectivity index (χ0) is 19.9. The van der Waals surface area contributed by atoms with Crippen LogP contribution < -0.4 is 14.8 Å². The van der Waals surface area contributed by atoms with Gasteiger partial charge >= 0.3 is 0 Å². The van der Waals surface area contributed by atoms with Gasteiger partial charge < -0.3 is 19.3 Å². The Kier molecular flexibility index (Phi) is 6.26. The quantitative estimate of drug-likeness (QED) is 0.634. The standard InChI is InChI=1S/C21H23N3O4/c1-4-26-18-10-9-15(11-19(18)27-5-2)12-20(25)23-17-8-6-7-16(13-17)21-22-14(3)28-24-21/h6-11,13H,4-5,12H2,1-3H3,(H,23,25). The molecule has 2 aromatic carbocycles. The van der Waals surface area contributed by atoms with Gasteiger partial charge in [0.15, 0.2) is 11.5 Å². The van der Waals surface area contributed by atoms with Gasteiger partial charge in [0.1, 0.15) is 0 Å². The Morgan fingerprint density at radius 3 is 2.57 bits per heavy atom. The van der Waals surface area contributed by atoms with Crippen molar-refractivity contribution < 1.29 is 18.8 Å². The van der Waals surface area contributed by atoms with E-state index >= 15 is 0 Å². The van der Waals surface area contributed by atoms with E-state index in [0.29, 0.717) is 42.1 Å². The molecule has 146 valence electrons. The number of nitrogens with one attached hydrogen (secondary N) is 1. The van der Waals surface area contributed by atoms with Gasteiger partial charge in [-0.25, -0.2) is 0 Å². The lowest BCUT2D eigenvalue weighted by molar-refractivity contribution is -0.115. The van der Waals surface area contributed by atoms with Gasteiger partial charge in [0.05, 0.1) is 19.6 Å². The minimum Gasteiger partial charge on any atom is -0.490 e. The first-order chi connectivity index (χ1) is 13.6. The third kappa shape index (κ3) is 4.88. The summed E-state index contributed by atoms with van der Waals surface area (Å²) in [4.78, 5) is 16.7. The minimum absolute atomic E-state index is 0.131. The number of hydrogen-bond acceptors (Lipinski definition) is 6. The lowest BCUT2D eigenvalue weighted by Gasteiger charge is -2.12. The van der Waals surface area contributed by atoms with E-state index in [4.69, 9.17) is 14.0 Å². The highest BCUT2D eigenvalue weighted by Crippen LogP contribution is 2.29. The van der Waals surface area contributed by atoms with Gasteiger partial charge in [-0.3, -0.25) is 4.79 Å². The molecule has 0 saturated carbocycles. The van der Waals surface area contributed by atoms with Crippen molar-refractivity contribution in [2.24, 2.45) is 0 Å². The van der Waals surface area contributed by atoms with E-state index in [0.717, 1.165) is 11.1 Å².